The van der Waals surface area contributed by atoms with Crippen molar-refractivity contribution in [3.05, 3.63) is 38.9 Å². The van der Waals surface area contributed by atoms with Gasteiger partial charge in [0.15, 0.2) is 0 Å². The number of nitrogens with one attached hydrogen (secondary N) is 2. The summed E-state index contributed by atoms with van der Waals surface area (Å²) in [6.07, 6.45) is 0. The number of carbonyl (C=O) groups excluding carboxylic acids is 2. The molecule has 8 heteroatoms. The van der Waals surface area contributed by atoms with E-state index in [2.05, 4.69) is 10.6 Å². The average Bonchev–Trinajstić information content (AvgIpc) is 2.38. The van der Waals surface area contributed by atoms with Crippen LogP contribution in [0.1, 0.15) is 24.2 Å². The fourth-order valence-corrected chi connectivity index (χ4v) is 1.68. The maximum atomic E-state index is 12.0. The third kappa shape index (κ3) is 3.92. The monoisotopic (exact) mass is 299 g/mol. The Morgan fingerprint density at radius 1 is 1.45 bits per heavy atom. The minimum Gasteiger partial charge on any atom is -0.355 e. The van der Waals surface area contributed by atoms with Crippen molar-refractivity contribution in [3.63, 3.8) is 0 Å². The van der Waals surface area contributed by atoms with Gasteiger partial charge in [0.25, 0.3) is 11.6 Å². The molecule has 1 aromatic rings. The summed E-state index contributed by atoms with van der Waals surface area (Å²) in [5.41, 5.74) is -0.548. The maximum absolute atomic E-state index is 12.0. The van der Waals surface area contributed by atoms with E-state index in [-0.39, 0.29) is 16.5 Å². The minimum absolute atomic E-state index is 0.143. The molecular formula is C12H14ClN3O4. The SMILES string of the molecule is CCNC(=O)[C@@H](C)NC(=O)c1ccc(Cl)cc1[N+](=O)[O-]. The molecule has 0 spiro atoms. The van der Waals surface area contributed by atoms with Crippen molar-refractivity contribution in [3.8, 4) is 0 Å². The lowest BCUT2D eigenvalue weighted by atomic mass is 10.1. The van der Waals surface area contributed by atoms with E-state index < -0.39 is 22.6 Å². The number of nitro benzene ring substituents is 1. The van der Waals surface area contributed by atoms with Crippen molar-refractivity contribution in [2.75, 3.05) is 6.54 Å². The molecule has 0 saturated heterocycles. The van der Waals surface area contributed by atoms with E-state index in [1.165, 1.54) is 19.1 Å². The van der Waals surface area contributed by atoms with Gasteiger partial charge < -0.3 is 10.6 Å². The van der Waals surface area contributed by atoms with E-state index in [1.54, 1.807) is 6.92 Å². The molecule has 0 heterocycles. The molecule has 108 valence electrons. The van der Waals surface area contributed by atoms with Crippen LogP contribution in [0.25, 0.3) is 0 Å². The van der Waals surface area contributed by atoms with Crippen molar-refractivity contribution in [2.24, 2.45) is 0 Å². The van der Waals surface area contributed by atoms with Crippen molar-refractivity contribution in [1.82, 2.24) is 10.6 Å². The van der Waals surface area contributed by atoms with Gasteiger partial charge in [0.05, 0.1) is 4.92 Å². The average molecular weight is 300 g/mol. The van der Waals surface area contributed by atoms with Crippen LogP contribution >= 0.6 is 11.6 Å². The standard InChI is InChI=1S/C12H14ClN3O4/c1-3-14-11(17)7(2)15-12(18)9-5-4-8(13)6-10(9)16(19)20/h4-7H,3H2,1-2H3,(H,14,17)(H,15,18)/t7-/m1/s1. The quantitative estimate of drug-likeness (QED) is 0.635. The van der Waals surface area contributed by atoms with Gasteiger partial charge in [-0.15, -0.1) is 0 Å². The van der Waals surface area contributed by atoms with Gasteiger partial charge in [-0.25, -0.2) is 0 Å². The molecule has 2 amide bonds. The van der Waals surface area contributed by atoms with Crippen molar-refractivity contribution in [2.45, 2.75) is 19.9 Å². The topological polar surface area (TPSA) is 101 Å². The number of halogens is 1. The van der Waals surface area contributed by atoms with Gasteiger partial charge in [0, 0.05) is 17.6 Å². The van der Waals surface area contributed by atoms with Gasteiger partial charge in [-0.05, 0) is 26.0 Å². The first-order valence-electron chi connectivity index (χ1n) is 5.89. The van der Waals surface area contributed by atoms with E-state index in [1.807, 2.05) is 0 Å². The molecule has 0 bridgehead atoms. The fourth-order valence-electron chi connectivity index (χ4n) is 1.52. The molecule has 2 N–H and O–H groups in total. The summed E-state index contributed by atoms with van der Waals surface area (Å²) in [5.74, 6) is -1.07. The zero-order chi connectivity index (χ0) is 15.3. The Balaban J connectivity index is 2.93. The Morgan fingerprint density at radius 2 is 2.10 bits per heavy atom. The van der Waals surface area contributed by atoms with Crippen LogP contribution in [-0.2, 0) is 4.79 Å². The lowest BCUT2D eigenvalue weighted by Crippen LogP contribution is -2.44. The van der Waals surface area contributed by atoms with Crippen LogP contribution < -0.4 is 10.6 Å². The number of hydrogen-bond donors (Lipinski definition) is 2. The first kappa shape index (κ1) is 15.9. The summed E-state index contributed by atoms with van der Waals surface area (Å²) in [6.45, 7) is 3.67. The number of hydrogen-bond acceptors (Lipinski definition) is 4. The molecule has 0 fully saturated rings. The number of likely N-dealkylation sites (N-methyl/N-ethyl adjacent to an activating group) is 1. The third-order valence-electron chi connectivity index (χ3n) is 2.49. The first-order chi connectivity index (χ1) is 9.36. The highest BCUT2D eigenvalue weighted by Crippen LogP contribution is 2.23. The zero-order valence-electron chi connectivity index (χ0n) is 11.0. The lowest BCUT2D eigenvalue weighted by molar-refractivity contribution is -0.385. The highest BCUT2D eigenvalue weighted by molar-refractivity contribution is 6.31. The predicted molar refractivity (Wildman–Crippen MR) is 73.7 cm³/mol. The summed E-state index contributed by atoms with van der Waals surface area (Å²) in [4.78, 5) is 33.7. The molecule has 20 heavy (non-hydrogen) atoms. The highest BCUT2D eigenvalue weighted by atomic mass is 35.5. The predicted octanol–water partition coefficient (Wildman–Crippen LogP) is 1.50. The van der Waals surface area contributed by atoms with Crippen LogP contribution in [0.4, 0.5) is 5.69 Å². The van der Waals surface area contributed by atoms with Gasteiger partial charge in [0.2, 0.25) is 5.91 Å². The molecule has 0 unspecified atom stereocenters. The number of carbonyl (C=O) groups is 2. The molecule has 1 aromatic carbocycles. The Kier molecular flexibility index (Phi) is 5.45. The zero-order valence-corrected chi connectivity index (χ0v) is 11.7. The Hall–Kier alpha value is -2.15. The maximum Gasteiger partial charge on any atom is 0.283 e. The van der Waals surface area contributed by atoms with Crippen LogP contribution in [0.15, 0.2) is 18.2 Å². The molecular weight excluding hydrogens is 286 g/mol. The Labute approximate surface area is 120 Å². The van der Waals surface area contributed by atoms with Gasteiger partial charge in [0.1, 0.15) is 11.6 Å². The van der Waals surface area contributed by atoms with Gasteiger partial charge in [-0.1, -0.05) is 11.6 Å². The van der Waals surface area contributed by atoms with Gasteiger partial charge in [-0.3, -0.25) is 19.7 Å². The molecule has 0 radical (unpaired) electrons. The number of rotatable bonds is 5. The second-order valence-electron chi connectivity index (χ2n) is 4.01. The van der Waals surface area contributed by atoms with E-state index in [0.29, 0.717) is 6.54 Å². The third-order valence-corrected chi connectivity index (χ3v) is 2.73. The number of nitrogens with zero attached hydrogens (tertiary/aromatic N) is 1. The second-order valence-corrected chi connectivity index (χ2v) is 4.44. The molecule has 1 atom stereocenters. The lowest BCUT2D eigenvalue weighted by Gasteiger charge is -2.13. The summed E-state index contributed by atoms with van der Waals surface area (Å²) in [7, 11) is 0. The van der Waals surface area contributed by atoms with E-state index in [4.69, 9.17) is 11.6 Å². The smallest absolute Gasteiger partial charge is 0.283 e. The molecule has 0 saturated carbocycles. The molecule has 7 nitrogen and oxygen atoms in total. The van der Waals surface area contributed by atoms with Crippen LogP contribution in [0.5, 0.6) is 0 Å². The largest absolute Gasteiger partial charge is 0.355 e. The number of amides is 2. The molecule has 0 aliphatic rings. The van der Waals surface area contributed by atoms with E-state index >= 15 is 0 Å². The summed E-state index contributed by atoms with van der Waals surface area (Å²) < 4.78 is 0. The van der Waals surface area contributed by atoms with Crippen LogP contribution in [0.3, 0.4) is 0 Å². The van der Waals surface area contributed by atoms with Crippen molar-refractivity contribution < 1.29 is 14.5 Å². The summed E-state index contributed by atoms with van der Waals surface area (Å²) >= 11 is 5.66. The van der Waals surface area contributed by atoms with Crippen molar-refractivity contribution >= 4 is 29.1 Å². The van der Waals surface area contributed by atoms with Gasteiger partial charge >= 0.3 is 0 Å². The van der Waals surface area contributed by atoms with E-state index in [0.717, 1.165) is 6.07 Å². The Morgan fingerprint density at radius 3 is 2.65 bits per heavy atom. The number of benzene rings is 1. The Bertz CT molecular complexity index is 548. The van der Waals surface area contributed by atoms with E-state index in [9.17, 15) is 19.7 Å². The summed E-state index contributed by atoms with van der Waals surface area (Å²) in [6, 6.07) is 2.92. The molecule has 0 aliphatic carbocycles. The number of nitro groups is 1. The summed E-state index contributed by atoms with van der Waals surface area (Å²) in [5, 5.41) is 16.0. The van der Waals surface area contributed by atoms with Crippen LogP contribution in [-0.4, -0.2) is 29.3 Å². The van der Waals surface area contributed by atoms with Crippen molar-refractivity contribution in [1.29, 1.82) is 0 Å². The first-order valence-corrected chi connectivity index (χ1v) is 6.27. The van der Waals surface area contributed by atoms with Crippen LogP contribution in [0, 0.1) is 10.1 Å². The molecule has 0 aromatic heterocycles. The minimum atomic E-state index is -0.794. The van der Waals surface area contributed by atoms with Gasteiger partial charge in [-0.2, -0.15) is 0 Å². The van der Waals surface area contributed by atoms with Crippen LogP contribution in [0.2, 0.25) is 5.02 Å². The fraction of sp³-hybridized carbons (Fsp3) is 0.333. The molecule has 0 aliphatic heterocycles. The molecule has 1 rings (SSSR count). The highest BCUT2D eigenvalue weighted by Gasteiger charge is 2.23. The normalized spacial score (nSPS) is 11.6. The second kappa shape index (κ2) is 6.85.